The summed E-state index contributed by atoms with van der Waals surface area (Å²) in [4.78, 5) is 51.9. The van der Waals surface area contributed by atoms with Crippen LogP contribution in [0.4, 0.5) is 4.79 Å². The third kappa shape index (κ3) is 6.96. The van der Waals surface area contributed by atoms with Crippen LogP contribution in [0.5, 0.6) is 0 Å². The number of hydrogen-bond donors (Lipinski definition) is 2. The number of aryl methyl sites for hydroxylation is 1. The molecule has 9 heteroatoms. The first-order valence-electron chi connectivity index (χ1n) is 10.7. The Morgan fingerprint density at radius 2 is 1.78 bits per heavy atom. The van der Waals surface area contributed by atoms with Gasteiger partial charge in [0.1, 0.15) is 24.2 Å². The van der Waals surface area contributed by atoms with Crippen LogP contribution in [-0.2, 0) is 23.9 Å². The molecule has 3 amide bonds. The molecule has 176 valence electrons. The zero-order valence-electron chi connectivity index (χ0n) is 19.6. The van der Waals surface area contributed by atoms with Crippen molar-refractivity contribution >= 4 is 23.9 Å². The van der Waals surface area contributed by atoms with E-state index in [2.05, 4.69) is 15.4 Å². The minimum Gasteiger partial charge on any atom is -0.468 e. The summed E-state index contributed by atoms with van der Waals surface area (Å²) in [5, 5.41) is 5.13. The predicted octanol–water partition coefficient (Wildman–Crippen LogP) is 2.23. The van der Waals surface area contributed by atoms with Crippen molar-refractivity contribution in [3.63, 3.8) is 0 Å². The van der Waals surface area contributed by atoms with E-state index >= 15 is 0 Å². The van der Waals surface area contributed by atoms with Crippen molar-refractivity contribution in [3.8, 4) is 0 Å². The zero-order valence-corrected chi connectivity index (χ0v) is 19.6. The van der Waals surface area contributed by atoms with Gasteiger partial charge >= 0.3 is 12.1 Å². The van der Waals surface area contributed by atoms with Crippen molar-refractivity contribution in [2.75, 3.05) is 13.7 Å². The van der Waals surface area contributed by atoms with Gasteiger partial charge in [-0.1, -0.05) is 24.3 Å². The monoisotopic (exact) mass is 447 g/mol. The smallest absolute Gasteiger partial charge is 0.408 e. The lowest BCUT2D eigenvalue weighted by Gasteiger charge is -2.34. The van der Waals surface area contributed by atoms with Gasteiger partial charge in [-0.3, -0.25) is 14.4 Å². The maximum Gasteiger partial charge on any atom is 0.408 e. The molecular formula is C23H33N3O6. The second-order valence-electron chi connectivity index (χ2n) is 8.90. The molecule has 0 spiro atoms. The molecule has 2 unspecified atom stereocenters. The summed E-state index contributed by atoms with van der Waals surface area (Å²) in [6, 6.07) is 5.27. The number of alkyl carbamates (subject to hydrolysis) is 1. The first kappa shape index (κ1) is 25.2. The molecule has 1 aliphatic rings. The Kier molecular flexibility index (Phi) is 8.24. The number of methoxy groups -OCH3 is 1. The van der Waals surface area contributed by atoms with Crippen molar-refractivity contribution in [3.05, 3.63) is 35.4 Å². The molecular weight excluding hydrogens is 414 g/mol. The van der Waals surface area contributed by atoms with Crippen molar-refractivity contribution < 1.29 is 28.7 Å². The fourth-order valence-corrected chi connectivity index (χ4v) is 3.28. The van der Waals surface area contributed by atoms with Gasteiger partial charge in [0.25, 0.3) is 0 Å². The Labute approximate surface area is 188 Å². The SMILES string of the molecule is COC(=O)CNC(=O)C(c1ccccc1C)N(C(=O)C(C)NC(=O)OC(C)(C)C)C1CC1. The van der Waals surface area contributed by atoms with Crippen molar-refractivity contribution in [2.24, 2.45) is 0 Å². The second kappa shape index (κ2) is 10.5. The lowest BCUT2D eigenvalue weighted by Crippen LogP contribution is -2.53. The first-order chi connectivity index (χ1) is 14.9. The van der Waals surface area contributed by atoms with Gasteiger partial charge in [-0.2, -0.15) is 0 Å². The second-order valence-corrected chi connectivity index (χ2v) is 8.90. The lowest BCUT2D eigenvalue weighted by molar-refractivity contribution is -0.145. The standard InChI is InChI=1S/C23H33N3O6/c1-14-9-7-8-10-17(14)19(20(28)24-13-18(27)31-6)26(16-11-12-16)21(29)15(2)25-22(30)32-23(3,4)5/h7-10,15-16,19H,11-13H2,1-6H3,(H,24,28)(H,25,30). The third-order valence-electron chi connectivity index (χ3n) is 4.94. The highest BCUT2D eigenvalue weighted by atomic mass is 16.6. The Morgan fingerprint density at radius 3 is 2.31 bits per heavy atom. The third-order valence-corrected chi connectivity index (χ3v) is 4.94. The molecule has 0 aliphatic heterocycles. The highest BCUT2D eigenvalue weighted by molar-refractivity contribution is 5.93. The molecule has 1 aromatic rings. The summed E-state index contributed by atoms with van der Waals surface area (Å²) in [5.41, 5.74) is 0.775. The van der Waals surface area contributed by atoms with Crippen LogP contribution in [0.15, 0.2) is 24.3 Å². The van der Waals surface area contributed by atoms with Crippen molar-refractivity contribution in [2.45, 2.75) is 71.2 Å². The quantitative estimate of drug-likeness (QED) is 0.591. The fourth-order valence-electron chi connectivity index (χ4n) is 3.28. The number of nitrogens with one attached hydrogen (secondary N) is 2. The molecule has 1 aliphatic carbocycles. The van der Waals surface area contributed by atoms with Crippen LogP contribution in [0.2, 0.25) is 0 Å². The number of hydrogen-bond acceptors (Lipinski definition) is 6. The van der Waals surface area contributed by atoms with Crippen LogP contribution in [-0.4, -0.2) is 60.1 Å². The zero-order chi connectivity index (χ0) is 24.1. The molecule has 32 heavy (non-hydrogen) atoms. The van der Waals surface area contributed by atoms with E-state index in [1.807, 2.05) is 19.1 Å². The summed E-state index contributed by atoms with van der Waals surface area (Å²) in [6.45, 7) is 8.30. The molecule has 9 nitrogen and oxygen atoms in total. The van der Waals surface area contributed by atoms with Crippen LogP contribution < -0.4 is 10.6 Å². The molecule has 1 saturated carbocycles. The topological polar surface area (TPSA) is 114 Å². The maximum absolute atomic E-state index is 13.4. The Morgan fingerprint density at radius 1 is 1.16 bits per heavy atom. The van der Waals surface area contributed by atoms with Crippen LogP contribution in [0.1, 0.15) is 57.7 Å². The maximum atomic E-state index is 13.4. The van der Waals surface area contributed by atoms with Crippen molar-refractivity contribution in [1.29, 1.82) is 0 Å². The Hall–Kier alpha value is -3.10. The average molecular weight is 448 g/mol. The van der Waals surface area contributed by atoms with E-state index in [0.29, 0.717) is 5.56 Å². The molecule has 1 aromatic carbocycles. The molecule has 0 radical (unpaired) electrons. The summed E-state index contributed by atoms with van der Waals surface area (Å²) in [7, 11) is 1.23. The number of ether oxygens (including phenoxy) is 2. The Bertz CT molecular complexity index is 860. The molecule has 1 fully saturated rings. The molecule has 0 bridgehead atoms. The molecule has 0 aromatic heterocycles. The van der Waals surface area contributed by atoms with Crippen LogP contribution in [0.25, 0.3) is 0 Å². The van der Waals surface area contributed by atoms with Gasteiger partial charge in [-0.15, -0.1) is 0 Å². The van der Waals surface area contributed by atoms with E-state index in [9.17, 15) is 19.2 Å². The van der Waals surface area contributed by atoms with Crippen molar-refractivity contribution in [1.82, 2.24) is 15.5 Å². The van der Waals surface area contributed by atoms with E-state index in [-0.39, 0.29) is 12.6 Å². The molecule has 2 N–H and O–H groups in total. The number of carbonyl (C=O) groups is 4. The van der Waals surface area contributed by atoms with Gasteiger partial charge in [0.2, 0.25) is 11.8 Å². The minimum atomic E-state index is -0.955. The van der Waals surface area contributed by atoms with Crippen LogP contribution in [0.3, 0.4) is 0 Å². The van der Waals surface area contributed by atoms with E-state index in [0.717, 1.165) is 18.4 Å². The predicted molar refractivity (Wildman–Crippen MR) is 118 cm³/mol. The number of amides is 3. The molecule has 2 atom stereocenters. The molecule has 2 rings (SSSR count). The fraction of sp³-hybridized carbons (Fsp3) is 0.565. The van der Waals surface area contributed by atoms with Gasteiger partial charge in [-0.05, 0) is 58.6 Å². The van der Waals surface area contributed by atoms with Gasteiger partial charge in [-0.25, -0.2) is 4.79 Å². The number of nitrogens with zero attached hydrogens (tertiary/aromatic N) is 1. The van der Waals surface area contributed by atoms with E-state index in [1.165, 1.54) is 12.0 Å². The first-order valence-corrected chi connectivity index (χ1v) is 10.7. The van der Waals surface area contributed by atoms with Gasteiger partial charge in [0.05, 0.1) is 7.11 Å². The Balaban J connectivity index is 2.32. The summed E-state index contributed by atoms with van der Waals surface area (Å²) in [6.07, 6.45) is 0.784. The van der Waals surface area contributed by atoms with Crippen LogP contribution in [0, 0.1) is 6.92 Å². The van der Waals surface area contributed by atoms with E-state index in [4.69, 9.17) is 4.74 Å². The number of carbonyl (C=O) groups excluding carboxylic acids is 4. The van der Waals surface area contributed by atoms with E-state index < -0.39 is 41.6 Å². The molecule has 0 heterocycles. The number of esters is 1. The van der Waals surface area contributed by atoms with Gasteiger partial charge < -0.3 is 25.0 Å². The minimum absolute atomic E-state index is 0.140. The van der Waals surface area contributed by atoms with Crippen LogP contribution >= 0.6 is 0 Å². The largest absolute Gasteiger partial charge is 0.468 e. The highest BCUT2D eigenvalue weighted by Gasteiger charge is 2.43. The van der Waals surface area contributed by atoms with Gasteiger partial charge in [0.15, 0.2) is 0 Å². The summed E-state index contributed by atoms with van der Waals surface area (Å²) < 4.78 is 9.86. The summed E-state index contributed by atoms with van der Waals surface area (Å²) >= 11 is 0. The van der Waals surface area contributed by atoms with E-state index in [1.54, 1.807) is 39.8 Å². The highest BCUT2D eigenvalue weighted by Crippen LogP contribution is 2.36. The lowest BCUT2D eigenvalue weighted by atomic mass is 9.98. The average Bonchev–Trinajstić information content (AvgIpc) is 3.53. The number of rotatable bonds is 8. The molecule has 0 saturated heterocycles. The number of benzene rings is 1. The summed E-state index contributed by atoms with van der Waals surface area (Å²) in [5.74, 6) is -1.49. The normalized spacial score (nSPS) is 15.2. The van der Waals surface area contributed by atoms with Gasteiger partial charge in [0, 0.05) is 6.04 Å².